The number of furan rings is 1. The van der Waals surface area contributed by atoms with Crippen LogP contribution < -0.4 is 5.32 Å². The fraction of sp³-hybridized carbons (Fsp3) is 0.556. The van der Waals surface area contributed by atoms with Gasteiger partial charge in [0.25, 0.3) is 0 Å². The van der Waals surface area contributed by atoms with Crippen LogP contribution in [0.5, 0.6) is 0 Å². The average Bonchev–Trinajstić information content (AvgIpc) is 3.20. The number of hydrogen-bond donors (Lipinski definition) is 1. The van der Waals surface area contributed by atoms with Gasteiger partial charge in [-0.05, 0) is 36.8 Å². The highest BCUT2D eigenvalue weighted by atomic mass is 16.5. The van der Waals surface area contributed by atoms with E-state index >= 15 is 0 Å². The first-order valence-corrected chi connectivity index (χ1v) is 7.88. The van der Waals surface area contributed by atoms with Gasteiger partial charge in [0, 0.05) is 24.1 Å². The van der Waals surface area contributed by atoms with E-state index in [0.717, 1.165) is 17.9 Å². The van der Waals surface area contributed by atoms with E-state index in [2.05, 4.69) is 38.2 Å². The van der Waals surface area contributed by atoms with E-state index in [1.807, 2.05) is 0 Å². The van der Waals surface area contributed by atoms with Crippen LogP contribution in [0.4, 0.5) is 0 Å². The summed E-state index contributed by atoms with van der Waals surface area (Å²) in [6.45, 7) is 7.99. The first-order valence-electron chi connectivity index (χ1n) is 7.88. The van der Waals surface area contributed by atoms with Crippen molar-refractivity contribution in [1.82, 2.24) is 5.32 Å². The smallest absolute Gasteiger partial charge is 0.138 e. The second kappa shape index (κ2) is 5.82. The summed E-state index contributed by atoms with van der Waals surface area (Å²) in [5.41, 5.74) is 4.80. The number of methoxy groups -OCH3 is 1. The first-order chi connectivity index (χ1) is 10.1. The van der Waals surface area contributed by atoms with E-state index in [0.29, 0.717) is 18.6 Å². The van der Waals surface area contributed by atoms with Crippen LogP contribution in [-0.2, 0) is 17.9 Å². The normalized spacial score (nSPS) is 15.3. The summed E-state index contributed by atoms with van der Waals surface area (Å²) < 4.78 is 11.7. The van der Waals surface area contributed by atoms with Crippen molar-refractivity contribution in [1.29, 1.82) is 0 Å². The van der Waals surface area contributed by atoms with Crippen molar-refractivity contribution in [2.45, 2.75) is 58.7 Å². The van der Waals surface area contributed by atoms with Gasteiger partial charge in [0.1, 0.15) is 11.3 Å². The van der Waals surface area contributed by atoms with Gasteiger partial charge < -0.3 is 14.5 Å². The molecule has 1 aromatic carbocycles. The van der Waals surface area contributed by atoms with Crippen LogP contribution in [-0.4, -0.2) is 13.2 Å². The van der Waals surface area contributed by atoms with Crippen molar-refractivity contribution in [3.63, 3.8) is 0 Å². The molecule has 2 aromatic rings. The number of rotatable bonds is 6. The third-order valence-corrected chi connectivity index (χ3v) is 4.30. The average molecular weight is 287 g/mol. The number of aryl methyl sites for hydroxylation is 1. The maximum absolute atomic E-state index is 6.26. The number of ether oxygens (including phenoxy) is 1. The molecule has 0 saturated heterocycles. The van der Waals surface area contributed by atoms with Gasteiger partial charge in [-0.2, -0.15) is 0 Å². The van der Waals surface area contributed by atoms with Gasteiger partial charge in [0.05, 0.1) is 13.2 Å². The van der Waals surface area contributed by atoms with Crippen molar-refractivity contribution in [2.24, 2.45) is 0 Å². The molecule has 114 valence electrons. The summed E-state index contributed by atoms with van der Waals surface area (Å²) in [6.07, 6.45) is 2.58. The molecule has 1 aliphatic carbocycles. The lowest BCUT2D eigenvalue weighted by atomic mass is 9.97. The number of benzene rings is 1. The van der Waals surface area contributed by atoms with Crippen LogP contribution in [0, 0.1) is 6.92 Å². The summed E-state index contributed by atoms with van der Waals surface area (Å²) in [5.74, 6) is 1.49. The topological polar surface area (TPSA) is 34.4 Å². The van der Waals surface area contributed by atoms with Crippen LogP contribution in [0.1, 0.15) is 55.1 Å². The van der Waals surface area contributed by atoms with Gasteiger partial charge in [-0.15, -0.1) is 0 Å². The molecule has 1 aliphatic rings. The standard InChI is InChI=1S/C18H25NO2/c1-11(2)14-8-5-12(3)17-15(10-20-4)16(21-18(14)17)9-19-13-6-7-13/h5,8,11,13,19H,6-7,9-10H2,1-4H3. The molecule has 1 N–H and O–H groups in total. The SMILES string of the molecule is COCc1c(CNC2CC2)oc2c(C(C)C)ccc(C)c12. The highest BCUT2D eigenvalue weighted by Crippen LogP contribution is 2.35. The van der Waals surface area contributed by atoms with Crippen molar-refractivity contribution in [2.75, 3.05) is 7.11 Å². The van der Waals surface area contributed by atoms with Crippen LogP contribution in [0.15, 0.2) is 16.5 Å². The zero-order valence-corrected chi connectivity index (χ0v) is 13.5. The predicted octanol–water partition coefficient (Wildman–Crippen LogP) is 4.26. The lowest BCUT2D eigenvalue weighted by Gasteiger charge is -2.08. The molecule has 0 bridgehead atoms. The van der Waals surface area contributed by atoms with E-state index in [4.69, 9.17) is 9.15 Å². The maximum atomic E-state index is 6.26. The highest BCUT2D eigenvalue weighted by Gasteiger charge is 2.24. The Morgan fingerprint density at radius 2 is 2.10 bits per heavy atom. The maximum Gasteiger partial charge on any atom is 0.138 e. The minimum atomic E-state index is 0.457. The summed E-state index contributed by atoms with van der Waals surface area (Å²) >= 11 is 0. The van der Waals surface area contributed by atoms with Crippen molar-refractivity contribution < 1.29 is 9.15 Å². The van der Waals surface area contributed by atoms with Gasteiger partial charge in [0.15, 0.2) is 0 Å². The lowest BCUT2D eigenvalue weighted by Crippen LogP contribution is -2.15. The summed E-state index contributed by atoms with van der Waals surface area (Å²) in [6, 6.07) is 5.07. The Morgan fingerprint density at radius 3 is 2.71 bits per heavy atom. The predicted molar refractivity (Wildman–Crippen MR) is 85.6 cm³/mol. The Morgan fingerprint density at radius 1 is 1.33 bits per heavy atom. The number of nitrogens with one attached hydrogen (secondary N) is 1. The molecule has 1 saturated carbocycles. The van der Waals surface area contributed by atoms with Gasteiger partial charge in [-0.3, -0.25) is 0 Å². The molecular formula is C18H25NO2. The number of hydrogen-bond acceptors (Lipinski definition) is 3. The molecule has 21 heavy (non-hydrogen) atoms. The van der Waals surface area contributed by atoms with E-state index in [9.17, 15) is 0 Å². The molecule has 0 atom stereocenters. The summed E-state index contributed by atoms with van der Waals surface area (Å²) in [5, 5.41) is 4.80. The Labute approximate surface area is 126 Å². The number of fused-ring (bicyclic) bond motifs is 1. The molecule has 3 nitrogen and oxygen atoms in total. The van der Waals surface area contributed by atoms with E-state index in [1.165, 1.54) is 34.9 Å². The Hall–Kier alpha value is -1.32. The summed E-state index contributed by atoms with van der Waals surface area (Å²) in [4.78, 5) is 0. The van der Waals surface area contributed by atoms with Crippen LogP contribution >= 0.6 is 0 Å². The van der Waals surface area contributed by atoms with Gasteiger partial charge in [0.2, 0.25) is 0 Å². The summed E-state index contributed by atoms with van der Waals surface area (Å²) in [7, 11) is 1.75. The fourth-order valence-corrected chi connectivity index (χ4v) is 2.93. The highest BCUT2D eigenvalue weighted by molar-refractivity contribution is 5.88. The van der Waals surface area contributed by atoms with Crippen LogP contribution in [0.3, 0.4) is 0 Å². The molecular weight excluding hydrogens is 262 g/mol. The van der Waals surface area contributed by atoms with Crippen LogP contribution in [0.25, 0.3) is 11.0 Å². The second-order valence-corrected chi connectivity index (χ2v) is 6.42. The fourth-order valence-electron chi connectivity index (χ4n) is 2.93. The van der Waals surface area contributed by atoms with Crippen molar-refractivity contribution in [3.05, 3.63) is 34.6 Å². The molecule has 1 fully saturated rings. The quantitative estimate of drug-likeness (QED) is 0.862. The van der Waals surface area contributed by atoms with Crippen molar-refractivity contribution in [3.8, 4) is 0 Å². The van der Waals surface area contributed by atoms with Gasteiger partial charge >= 0.3 is 0 Å². The molecule has 0 amide bonds. The van der Waals surface area contributed by atoms with Crippen LogP contribution in [0.2, 0.25) is 0 Å². The largest absolute Gasteiger partial charge is 0.459 e. The molecule has 0 spiro atoms. The Balaban J connectivity index is 2.09. The molecule has 3 rings (SSSR count). The monoisotopic (exact) mass is 287 g/mol. The Kier molecular flexibility index (Phi) is 4.05. The van der Waals surface area contributed by atoms with E-state index in [1.54, 1.807) is 7.11 Å². The molecule has 1 aromatic heterocycles. The third kappa shape index (κ3) is 2.85. The van der Waals surface area contributed by atoms with Gasteiger partial charge in [-0.25, -0.2) is 0 Å². The molecule has 0 radical (unpaired) electrons. The molecule has 0 aliphatic heterocycles. The first kappa shape index (κ1) is 14.6. The Bertz CT molecular complexity index is 638. The molecule has 1 heterocycles. The molecule has 3 heteroatoms. The van der Waals surface area contributed by atoms with E-state index < -0.39 is 0 Å². The third-order valence-electron chi connectivity index (χ3n) is 4.30. The van der Waals surface area contributed by atoms with Crippen molar-refractivity contribution >= 4 is 11.0 Å². The minimum absolute atomic E-state index is 0.457. The minimum Gasteiger partial charge on any atom is -0.459 e. The van der Waals surface area contributed by atoms with Gasteiger partial charge in [-0.1, -0.05) is 26.0 Å². The second-order valence-electron chi connectivity index (χ2n) is 6.42. The molecule has 0 unspecified atom stereocenters. The van der Waals surface area contributed by atoms with E-state index in [-0.39, 0.29) is 0 Å². The lowest BCUT2D eigenvalue weighted by molar-refractivity contribution is 0.183. The zero-order chi connectivity index (χ0) is 15.0. The zero-order valence-electron chi connectivity index (χ0n) is 13.5.